The molecule has 0 aliphatic heterocycles. The van der Waals surface area contributed by atoms with E-state index in [1.807, 2.05) is 19.9 Å². The standard InChI is InChI=1S/C12H12FN/c1-3-11-7-9-6-10(13)4-5-12(9)8(2)14-11/h4-7H,3H2,1-2H3. The third kappa shape index (κ3) is 1.48. The molecule has 1 nitrogen and oxygen atoms in total. The minimum atomic E-state index is -0.190. The molecule has 2 heteroatoms. The average Bonchev–Trinajstić information content (AvgIpc) is 2.16. The lowest BCUT2D eigenvalue weighted by Gasteiger charge is -2.04. The van der Waals surface area contributed by atoms with Crippen molar-refractivity contribution in [3.05, 3.63) is 41.5 Å². The molecule has 2 aromatic rings. The summed E-state index contributed by atoms with van der Waals surface area (Å²) in [5.74, 6) is -0.190. The molecule has 0 aliphatic carbocycles. The summed E-state index contributed by atoms with van der Waals surface area (Å²) >= 11 is 0. The summed E-state index contributed by atoms with van der Waals surface area (Å²) in [7, 11) is 0. The fraction of sp³-hybridized carbons (Fsp3) is 0.250. The minimum Gasteiger partial charge on any atom is -0.258 e. The van der Waals surface area contributed by atoms with Crippen LogP contribution in [0.25, 0.3) is 10.8 Å². The molecule has 1 aromatic heterocycles. The molecule has 0 amide bonds. The largest absolute Gasteiger partial charge is 0.258 e. The fourth-order valence-electron chi connectivity index (χ4n) is 1.65. The van der Waals surface area contributed by atoms with Crippen LogP contribution in [-0.2, 0) is 6.42 Å². The predicted octanol–water partition coefficient (Wildman–Crippen LogP) is 3.24. The molecular weight excluding hydrogens is 177 g/mol. The molecule has 1 heterocycles. The highest BCUT2D eigenvalue weighted by Gasteiger charge is 2.02. The van der Waals surface area contributed by atoms with E-state index in [1.54, 1.807) is 12.1 Å². The fourth-order valence-corrected chi connectivity index (χ4v) is 1.65. The van der Waals surface area contributed by atoms with Crippen LogP contribution in [0.1, 0.15) is 18.3 Å². The minimum absolute atomic E-state index is 0.190. The Balaban J connectivity index is 2.77. The van der Waals surface area contributed by atoms with Gasteiger partial charge in [0, 0.05) is 16.8 Å². The number of pyridine rings is 1. The second-order valence-electron chi connectivity index (χ2n) is 3.42. The highest BCUT2D eigenvalue weighted by Crippen LogP contribution is 2.19. The van der Waals surface area contributed by atoms with Crippen molar-refractivity contribution in [1.29, 1.82) is 0 Å². The summed E-state index contributed by atoms with van der Waals surface area (Å²) < 4.78 is 13.0. The molecule has 2 rings (SSSR count). The molecule has 0 saturated carbocycles. The van der Waals surface area contributed by atoms with Crippen molar-refractivity contribution in [3.63, 3.8) is 0 Å². The first-order valence-electron chi connectivity index (χ1n) is 4.76. The number of aryl methyl sites for hydroxylation is 2. The van der Waals surface area contributed by atoms with Gasteiger partial charge in [0.25, 0.3) is 0 Å². The van der Waals surface area contributed by atoms with Crippen molar-refractivity contribution in [2.75, 3.05) is 0 Å². The summed E-state index contributed by atoms with van der Waals surface area (Å²) in [6, 6.07) is 6.77. The smallest absolute Gasteiger partial charge is 0.123 e. The first-order chi connectivity index (χ1) is 6.70. The lowest BCUT2D eigenvalue weighted by atomic mass is 10.1. The zero-order chi connectivity index (χ0) is 10.1. The van der Waals surface area contributed by atoms with Crippen molar-refractivity contribution < 1.29 is 4.39 Å². The Kier molecular flexibility index (Phi) is 2.20. The highest BCUT2D eigenvalue weighted by atomic mass is 19.1. The first kappa shape index (κ1) is 9.13. The second-order valence-corrected chi connectivity index (χ2v) is 3.42. The van der Waals surface area contributed by atoms with E-state index in [4.69, 9.17) is 0 Å². The van der Waals surface area contributed by atoms with Crippen molar-refractivity contribution in [3.8, 4) is 0 Å². The van der Waals surface area contributed by atoms with Crippen LogP contribution in [0, 0.1) is 12.7 Å². The molecule has 14 heavy (non-hydrogen) atoms. The summed E-state index contributed by atoms with van der Waals surface area (Å²) in [6.07, 6.45) is 0.882. The average molecular weight is 189 g/mol. The third-order valence-electron chi connectivity index (χ3n) is 2.40. The van der Waals surface area contributed by atoms with Crippen molar-refractivity contribution >= 4 is 10.8 Å². The van der Waals surface area contributed by atoms with Crippen LogP contribution in [0.5, 0.6) is 0 Å². The third-order valence-corrected chi connectivity index (χ3v) is 2.40. The molecule has 0 atom stereocenters. The molecule has 72 valence electrons. The normalized spacial score (nSPS) is 10.8. The number of nitrogens with zero attached hydrogens (tertiary/aromatic N) is 1. The van der Waals surface area contributed by atoms with Gasteiger partial charge in [-0.1, -0.05) is 6.92 Å². The van der Waals surface area contributed by atoms with Crippen LogP contribution >= 0.6 is 0 Å². The molecule has 0 bridgehead atoms. The Hall–Kier alpha value is -1.44. The number of halogens is 1. The molecule has 0 radical (unpaired) electrons. The Labute approximate surface area is 82.6 Å². The lowest BCUT2D eigenvalue weighted by molar-refractivity contribution is 0.629. The second kappa shape index (κ2) is 3.37. The number of benzene rings is 1. The molecular formula is C12H12FN. The van der Waals surface area contributed by atoms with Gasteiger partial charge >= 0.3 is 0 Å². The predicted molar refractivity (Wildman–Crippen MR) is 55.8 cm³/mol. The van der Waals surface area contributed by atoms with Crippen LogP contribution in [0.15, 0.2) is 24.3 Å². The van der Waals surface area contributed by atoms with E-state index in [0.29, 0.717) is 0 Å². The molecule has 0 spiro atoms. The molecule has 0 saturated heterocycles. The van der Waals surface area contributed by atoms with E-state index in [-0.39, 0.29) is 5.82 Å². The summed E-state index contributed by atoms with van der Waals surface area (Å²) in [5.41, 5.74) is 1.99. The van der Waals surface area contributed by atoms with Gasteiger partial charge in [-0.3, -0.25) is 4.98 Å². The number of hydrogen-bond donors (Lipinski definition) is 0. The van der Waals surface area contributed by atoms with E-state index < -0.39 is 0 Å². The zero-order valence-electron chi connectivity index (χ0n) is 8.34. The Bertz CT molecular complexity index is 477. The number of aromatic nitrogens is 1. The van der Waals surface area contributed by atoms with Gasteiger partial charge in [0.05, 0.1) is 0 Å². The van der Waals surface area contributed by atoms with E-state index in [2.05, 4.69) is 4.98 Å². The van der Waals surface area contributed by atoms with E-state index in [0.717, 1.165) is 28.6 Å². The van der Waals surface area contributed by atoms with Gasteiger partial charge in [-0.05, 0) is 43.0 Å². The molecule has 1 aromatic carbocycles. The van der Waals surface area contributed by atoms with Gasteiger partial charge in [-0.25, -0.2) is 4.39 Å². The van der Waals surface area contributed by atoms with Gasteiger partial charge < -0.3 is 0 Å². The molecule has 0 fully saturated rings. The molecule has 0 unspecified atom stereocenters. The summed E-state index contributed by atoms with van der Waals surface area (Å²) in [4.78, 5) is 4.43. The maximum absolute atomic E-state index is 13.0. The van der Waals surface area contributed by atoms with Crippen LogP contribution in [0.3, 0.4) is 0 Å². The Morgan fingerprint density at radius 2 is 2.07 bits per heavy atom. The molecule has 0 aliphatic rings. The van der Waals surface area contributed by atoms with Gasteiger partial charge in [-0.2, -0.15) is 0 Å². The van der Waals surface area contributed by atoms with Crippen molar-refractivity contribution in [2.24, 2.45) is 0 Å². The van der Waals surface area contributed by atoms with Gasteiger partial charge in [0.15, 0.2) is 0 Å². The molecule has 0 N–H and O–H groups in total. The van der Waals surface area contributed by atoms with E-state index in [1.165, 1.54) is 6.07 Å². The highest BCUT2D eigenvalue weighted by molar-refractivity contribution is 5.84. The quantitative estimate of drug-likeness (QED) is 0.671. The number of hydrogen-bond acceptors (Lipinski definition) is 1. The van der Waals surface area contributed by atoms with Crippen LogP contribution < -0.4 is 0 Å². The first-order valence-corrected chi connectivity index (χ1v) is 4.76. The van der Waals surface area contributed by atoms with Crippen LogP contribution in [-0.4, -0.2) is 4.98 Å². The van der Waals surface area contributed by atoms with Crippen LogP contribution in [0.2, 0.25) is 0 Å². The zero-order valence-corrected chi connectivity index (χ0v) is 8.34. The number of rotatable bonds is 1. The van der Waals surface area contributed by atoms with Crippen molar-refractivity contribution in [2.45, 2.75) is 20.3 Å². The Morgan fingerprint density at radius 1 is 1.29 bits per heavy atom. The topological polar surface area (TPSA) is 12.9 Å². The maximum atomic E-state index is 13.0. The van der Waals surface area contributed by atoms with Gasteiger partial charge in [-0.15, -0.1) is 0 Å². The van der Waals surface area contributed by atoms with Gasteiger partial charge in [0.2, 0.25) is 0 Å². The van der Waals surface area contributed by atoms with Gasteiger partial charge in [0.1, 0.15) is 5.82 Å². The summed E-state index contributed by atoms with van der Waals surface area (Å²) in [5, 5.41) is 1.97. The Morgan fingerprint density at radius 3 is 2.79 bits per heavy atom. The SMILES string of the molecule is CCc1cc2cc(F)ccc2c(C)n1. The van der Waals surface area contributed by atoms with Crippen LogP contribution in [0.4, 0.5) is 4.39 Å². The monoisotopic (exact) mass is 189 g/mol. The summed E-state index contributed by atoms with van der Waals surface area (Å²) in [6.45, 7) is 4.01. The maximum Gasteiger partial charge on any atom is 0.123 e. The number of fused-ring (bicyclic) bond motifs is 1. The van der Waals surface area contributed by atoms with E-state index >= 15 is 0 Å². The van der Waals surface area contributed by atoms with Crippen molar-refractivity contribution in [1.82, 2.24) is 4.98 Å². The van der Waals surface area contributed by atoms with E-state index in [9.17, 15) is 4.39 Å². The lowest BCUT2D eigenvalue weighted by Crippen LogP contribution is -1.92.